The zero-order valence-electron chi connectivity index (χ0n) is 61.0. The van der Waals surface area contributed by atoms with E-state index in [9.17, 15) is 19.0 Å². The third-order valence-electron chi connectivity index (χ3n) is 6.54. The highest BCUT2D eigenvalue weighted by Gasteiger charge is 2.27. The molecule has 0 bridgehead atoms. The zero-order valence-corrected chi connectivity index (χ0v) is 30.9. The van der Waals surface area contributed by atoms with Crippen molar-refractivity contribution in [1.82, 2.24) is 0 Å². The van der Waals surface area contributed by atoms with Gasteiger partial charge in [-0.1, -0.05) is 167 Å². The van der Waals surface area contributed by atoms with E-state index >= 15 is 0 Å². The number of hydrogen-bond donors (Lipinski definition) is 1. The molecule has 0 aromatic carbocycles. The second-order valence-electron chi connectivity index (χ2n) is 12.1. The number of likely N-dealkylation sites (N-methyl/N-ethyl adjacent to an activating group) is 1. The molecule has 0 fully saturated rings. The first-order valence-corrected chi connectivity index (χ1v) is 18.4. The number of rotatable bonds is 38. The molecular formula is C40H81NO8P+. The van der Waals surface area contributed by atoms with Crippen molar-refractivity contribution in [3.63, 3.8) is 0 Å². The summed E-state index contributed by atoms with van der Waals surface area (Å²) in [5, 5.41) is 0. The molecule has 1 N–H and O–H groups in total. The maximum Gasteiger partial charge on any atom is 0.472 e. The van der Waals surface area contributed by atoms with Gasteiger partial charge in [0.1, 0.15) is 19.8 Å². The summed E-state index contributed by atoms with van der Waals surface area (Å²) in [6.07, 6.45) is -59.3. The lowest BCUT2D eigenvalue weighted by molar-refractivity contribution is -0.870. The van der Waals surface area contributed by atoms with Gasteiger partial charge in [0, 0.05) is 55.3 Å². The number of phosphoric acid groups is 1. The van der Waals surface area contributed by atoms with Crippen molar-refractivity contribution < 1.29 is 84.5 Å². The lowest BCUT2D eigenvalue weighted by Gasteiger charge is -2.24. The number of hydrogen-bond acceptors (Lipinski definition) is 7. The predicted molar refractivity (Wildman–Crippen MR) is 206 cm³/mol. The molecule has 10 heteroatoms. The Morgan fingerprint density at radius 3 is 1.66 bits per heavy atom. The fourth-order valence-electron chi connectivity index (χ4n) is 3.92. The van der Waals surface area contributed by atoms with E-state index in [2.05, 4.69) is 6.92 Å². The lowest BCUT2D eigenvalue weighted by atomic mass is 10.0. The van der Waals surface area contributed by atoms with Crippen molar-refractivity contribution in [3.05, 3.63) is 0 Å². The first-order chi connectivity index (χ1) is 35.7. The van der Waals surface area contributed by atoms with Crippen molar-refractivity contribution in [2.24, 2.45) is 0 Å². The molecule has 0 aromatic heterocycles. The highest BCUT2D eigenvalue weighted by molar-refractivity contribution is 7.47. The van der Waals surface area contributed by atoms with Crippen LogP contribution in [0.1, 0.15) is 235 Å². The smallest absolute Gasteiger partial charge is 0.462 e. The van der Waals surface area contributed by atoms with Crippen LogP contribution in [0.2, 0.25) is 0 Å². The molecule has 0 radical (unpaired) electrons. The summed E-state index contributed by atoms with van der Waals surface area (Å²) < 4.78 is 287. The summed E-state index contributed by atoms with van der Waals surface area (Å²) in [6, 6.07) is 0. The van der Waals surface area contributed by atoms with Gasteiger partial charge >= 0.3 is 19.8 Å². The van der Waals surface area contributed by atoms with E-state index in [-0.39, 0.29) is 30.5 Å². The number of nitrogens with zero attached hydrogens (tertiary/aromatic N) is 1. The number of carbonyl (C=O) groups is 2. The van der Waals surface area contributed by atoms with Crippen molar-refractivity contribution >= 4 is 19.8 Å². The standard InChI is InChI=1S/C40H80NO8P/c1-6-8-10-12-14-16-18-20-22-24-26-28-30-32-39(42)46-36-38(37-48-50(44,45)47-35-34-41(3,4)5)49-40(43)33-31-29-27-25-23-21-19-17-15-13-11-9-7-2/h38H,6-37H2,1-5H3/p+1/t38-/m1/s1/i1D3,6D2,8D2,10D2,12D2,14D2,16D2,18D2,20D2,22D2,24D2,26D2,28D2,30D2,32D2. The molecule has 298 valence electrons. The van der Waals surface area contributed by atoms with E-state index in [0.717, 1.165) is 44.9 Å². The molecule has 0 saturated carbocycles. The van der Waals surface area contributed by atoms with Gasteiger partial charge in [0.2, 0.25) is 0 Å². The molecule has 0 saturated heterocycles. The Morgan fingerprint density at radius 1 is 0.680 bits per heavy atom. The molecule has 0 heterocycles. The second-order valence-corrected chi connectivity index (χ2v) is 13.5. The van der Waals surface area contributed by atoms with Gasteiger partial charge in [0.25, 0.3) is 0 Å². The largest absolute Gasteiger partial charge is 0.472 e. The summed E-state index contributed by atoms with van der Waals surface area (Å²) in [5.74, 6) is -3.47. The average Bonchev–Trinajstić information content (AvgIpc) is 3.29. The van der Waals surface area contributed by atoms with Gasteiger partial charge in [-0.3, -0.25) is 18.6 Å². The fraction of sp³-hybridized carbons (Fsp3) is 0.950. The summed E-state index contributed by atoms with van der Waals surface area (Å²) >= 11 is 0. The number of quaternary nitrogens is 1. The summed E-state index contributed by atoms with van der Waals surface area (Å²) in [6.45, 7) is -4.65. The van der Waals surface area contributed by atoms with E-state index in [1.165, 1.54) is 25.7 Å². The Labute approximate surface area is 352 Å². The van der Waals surface area contributed by atoms with Gasteiger partial charge in [-0.05, 0) is 12.8 Å². The minimum absolute atomic E-state index is 0.182. The molecular weight excluding hydrogens is 653 g/mol. The average molecular weight is 766 g/mol. The second kappa shape index (κ2) is 33.8. The summed E-state index contributed by atoms with van der Waals surface area (Å²) in [4.78, 5) is 36.7. The number of phosphoric ester groups is 1. The van der Waals surface area contributed by atoms with Crippen LogP contribution in [0.5, 0.6) is 0 Å². The van der Waals surface area contributed by atoms with E-state index < -0.39 is 135 Å². The maximum absolute atomic E-state index is 13.5. The molecule has 1 unspecified atom stereocenters. The van der Waals surface area contributed by atoms with E-state index in [4.69, 9.17) is 61.0 Å². The molecule has 0 aliphatic rings. The molecule has 0 amide bonds. The topological polar surface area (TPSA) is 108 Å². The first-order valence-electron chi connectivity index (χ1n) is 32.5. The van der Waals surface area contributed by atoms with Gasteiger partial charge < -0.3 is 18.9 Å². The Kier molecular flexibility index (Phi) is 12.2. The third-order valence-corrected chi connectivity index (χ3v) is 7.52. The van der Waals surface area contributed by atoms with Crippen LogP contribution >= 0.6 is 7.82 Å². The fourth-order valence-corrected chi connectivity index (χ4v) is 4.67. The molecule has 9 nitrogen and oxygen atoms in total. The molecule has 0 spiro atoms. The Bertz CT molecular complexity index is 2080. The minimum Gasteiger partial charge on any atom is -0.462 e. The summed E-state index contributed by atoms with van der Waals surface area (Å²) in [5.41, 5.74) is 0. The Hall–Kier alpha value is -0.990. The number of carbonyl (C=O) groups excluding carboxylic acids is 2. The summed E-state index contributed by atoms with van der Waals surface area (Å²) in [7, 11) is 0.199. The highest BCUT2D eigenvalue weighted by atomic mass is 31.2. The SMILES string of the molecule is [2H]C([2H])([2H])C([2H])([2H])C([2H])([2H])C([2H])([2H])C([2H])([2H])C([2H])([2H])C([2H])([2H])C([2H])([2H])C([2H])([2H])C([2H])([2H])C([2H])([2H])C([2H])([2H])C([2H])([2H])C([2H])([2H])C([2H])([2H])C(=O)OC[C@H](COP(=O)(O)OCC[N+](C)(C)C)OC(=O)CCCCCCCCCCCCCCC. The van der Waals surface area contributed by atoms with Crippen LogP contribution in [-0.4, -0.2) is 74.9 Å². The van der Waals surface area contributed by atoms with Crippen LogP contribution in [0.4, 0.5) is 0 Å². The molecule has 2 atom stereocenters. The van der Waals surface area contributed by atoms with E-state index in [0.29, 0.717) is 6.42 Å². The van der Waals surface area contributed by atoms with Crippen LogP contribution in [0, 0.1) is 0 Å². The van der Waals surface area contributed by atoms with Crippen LogP contribution in [0.3, 0.4) is 0 Å². The highest BCUT2D eigenvalue weighted by Crippen LogP contribution is 2.43. The van der Waals surface area contributed by atoms with Crippen LogP contribution in [0.25, 0.3) is 0 Å². The van der Waals surface area contributed by atoms with Crippen molar-refractivity contribution in [2.45, 2.75) is 199 Å². The van der Waals surface area contributed by atoms with Crippen molar-refractivity contribution in [2.75, 3.05) is 47.5 Å². The van der Waals surface area contributed by atoms with E-state index in [1.807, 2.05) is 0 Å². The molecule has 0 aliphatic carbocycles. The first kappa shape index (κ1) is 18.1. The molecule has 0 rings (SSSR count). The van der Waals surface area contributed by atoms with Crippen molar-refractivity contribution in [3.8, 4) is 0 Å². The minimum atomic E-state index is -5.24. The predicted octanol–water partition coefficient (Wildman–Crippen LogP) is 11.2. The Morgan fingerprint density at radius 2 is 1.16 bits per heavy atom. The van der Waals surface area contributed by atoms with Crippen LogP contribution in [-0.2, 0) is 32.7 Å². The number of ether oxygens (including phenoxy) is 2. The zero-order chi connectivity index (χ0) is 64.8. The van der Waals surface area contributed by atoms with Gasteiger partial charge in [0.15, 0.2) is 6.10 Å². The molecule has 0 aromatic rings. The maximum atomic E-state index is 13.5. The van der Waals surface area contributed by atoms with Gasteiger partial charge in [-0.2, -0.15) is 0 Å². The number of unbranched alkanes of at least 4 members (excludes halogenated alkanes) is 12. The quantitative estimate of drug-likeness (QED) is 0.0286. The normalized spacial score (nSPS) is 27.1. The van der Waals surface area contributed by atoms with Gasteiger partial charge in [-0.25, -0.2) is 4.57 Å². The van der Waals surface area contributed by atoms with Gasteiger partial charge in [0.05, 0.1) is 27.7 Å². The van der Waals surface area contributed by atoms with Crippen molar-refractivity contribution in [1.29, 1.82) is 0 Å². The van der Waals surface area contributed by atoms with Crippen LogP contribution < -0.4 is 0 Å². The van der Waals surface area contributed by atoms with Crippen LogP contribution in [0.15, 0.2) is 0 Å². The molecule has 50 heavy (non-hydrogen) atoms. The Balaban J connectivity index is 6.91. The number of esters is 2. The van der Waals surface area contributed by atoms with E-state index in [1.54, 1.807) is 21.1 Å². The monoisotopic (exact) mass is 766 g/mol. The molecule has 0 aliphatic heterocycles. The van der Waals surface area contributed by atoms with Gasteiger partial charge in [-0.15, -0.1) is 0 Å². The third kappa shape index (κ3) is 36.8. The lowest BCUT2D eigenvalue weighted by Crippen LogP contribution is -2.37.